The van der Waals surface area contributed by atoms with E-state index >= 15 is 0 Å². The van der Waals surface area contributed by atoms with Crippen molar-refractivity contribution in [1.29, 1.82) is 0 Å². The number of fused-ring (bicyclic) bond motifs is 1. The third kappa shape index (κ3) is 3.08. The third-order valence-corrected chi connectivity index (χ3v) is 3.82. The van der Waals surface area contributed by atoms with E-state index in [0.29, 0.717) is 12.1 Å². The second-order valence-corrected chi connectivity index (χ2v) is 4.80. The van der Waals surface area contributed by atoms with Crippen molar-refractivity contribution >= 4 is 0 Å². The van der Waals surface area contributed by atoms with Gasteiger partial charge in [0.2, 0.25) is 0 Å². The van der Waals surface area contributed by atoms with Crippen LogP contribution >= 0.6 is 0 Å². The highest BCUT2D eigenvalue weighted by Gasteiger charge is 2.33. The summed E-state index contributed by atoms with van der Waals surface area (Å²) in [6.45, 7) is 5.59. The molecule has 1 heterocycles. The lowest BCUT2D eigenvalue weighted by molar-refractivity contribution is 0.0665. The van der Waals surface area contributed by atoms with Gasteiger partial charge in [-0.3, -0.25) is 4.90 Å². The van der Waals surface area contributed by atoms with E-state index in [9.17, 15) is 0 Å². The van der Waals surface area contributed by atoms with Crippen molar-refractivity contribution in [3.63, 3.8) is 0 Å². The molecule has 0 spiro atoms. The molecule has 1 aromatic carbocycles. The first-order valence-corrected chi connectivity index (χ1v) is 6.93. The van der Waals surface area contributed by atoms with Gasteiger partial charge in [0.25, 0.3) is 0 Å². The monoisotopic (exact) mass is 264 g/mol. The van der Waals surface area contributed by atoms with Gasteiger partial charge in [0.05, 0.1) is 18.7 Å². The fourth-order valence-corrected chi connectivity index (χ4v) is 2.78. The lowest BCUT2D eigenvalue weighted by Crippen LogP contribution is -2.50. The van der Waals surface area contributed by atoms with Crippen LogP contribution in [0.5, 0.6) is 5.75 Å². The first-order valence-electron chi connectivity index (χ1n) is 6.93. The zero-order valence-electron chi connectivity index (χ0n) is 12.1. The van der Waals surface area contributed by atoms with E-state index in [1.54, 1.807) is 7.11 Å². The number of benzene rings is 1. The van der Waals surface area contributed by atoms with Crippen LogP contribution in [-0.2, 0) is 4.74 Å². The maximum atomic E-state index is 5.91. The van der Waals surface area contributed by atoms with Crippen LogP contribution in [0, 0.1) is 0 Å². The Morgan fingerprint density at radius 1 is 1.42 bits per heavy atom. The summed E-state index contributed by atoms with van der Waals surface area (Å²) in [7, 11) is 3.76. The third-order valence-electron chi connectivity index (χ3n) is 3.82. The molecule has 1 aromatic rings. The van der Waals surface area contributed by atoms with Crippen molar-refractivity contribution in [2.45, 2.75) is 19.0 Å². The van der Waals surface area contributed by atoms with E-state index in [-0.39, 0.29) is 0 Å². The Labute approximate surface area is 115 Å². The first kappa shape index (κ1) is 14.3. The predicted molar refractivity (Wildman–Crippen MR) is 76.6 cm³/mol. The van der Waals surface area contributed by atoms with Gasteiger partial charge in [-0.15, -0.1) is 0 Å². The van der Waals surface area contributed by atoms with Gasteiger partial charge in [-0.25, -0.2) is 0 Å². The first-order chi connectivity index (χ1) is 9.31. The summed E-state index contributed by atoms with van der Waals surface area (Å²) >= 11 is 0. The van der Waals surface area contributed by atoms with Crippen LogP contribution in [-0.4, -0.2) is 51.4 Å². The number of rotatable bonds is 6. The van der Waals surface area contributed by atoms with Crippen LogP contribution in [0.25, 0.3) is 0 Å². The molecule has 2 atom stereocenters. The Hall–Kier alpha value is -1.10. The summed E-state index contributed by atoms with van der Waals surface area (Å²) in [6, 6.07) is 8.94. The molecule has 2 rings (SSSR count). The minimum atomic E-state index is 0.307. The zero-order chi connectivity index (χ0) is 13.7. The number of para-hydroxylation sites is 1. The van der Waals surface area contributed by atoms with E-state index in [1.807, 2.05) is 19.2 Å². The molecule has 4 nitrogen and oxygen atoms in total. The minimum Gasteiger partial charge on any atom is -0.492 e. The molecule has 19 heavy (non-hydrogen) atoms. The maximum Gasteiger partial charge on any atom is 0.124 e. The number of methoxy groups -OCH3 is 1. The quantitative estimate of drug-likeness (QED) is 0.847. The number of hydrogen-bond donors (Lipinski definition) is 1. The number of likely N-dealkylation sites (N-methyl/N-ethyl adjacent to an activating group) is 2. The average molecular weight is 264 g/mol. The molecular formula is C15H24N2O2. The molecule has 0 radical (unpaired) electrons. The van der Waals surface area contributed by atoms with Gasteiger partial charge in [-0.1, -0.05) is 25.1 Å². The SMILES string of the molecule is CCN(CCOC)C1COc2ccccc2C1NC. The molecule has 0 aliphatic carbocycles. The molecule has 1 N–H and O–H groups in total. The lowest BCUT2D eigenvalue weighted by Gasteiger charge is -2.40. The molecule has 0 amide bonds. The zero-order valence-corrected chi connectivity index (χ0v) is 12.1. The van der Waals surface area contributed by atoms with Gasteiger partial charge >= 0.3 is 0 Å². The van der Waals surface area contributed by atoms with E-state index < -0.39 is 0 Å². The number of nitrogens with zero attached hydrogens (tertiary/aromatic N) is 1. The van der Waals surface area contributed by atoms with E-state index in [4.69, 9.17) is 9.47 Å². The second-order valence-electron chi connectivity index (χ2n) is 4.80. The molecule has 2 unspecified atom stereocenters. The van der Waals surface area contributed by atoms with Crippen molar-refractivity contribution in [2.24, 2.45) is 0 Å². The summed E-state index contributed by atoms with van der Waals surface area (Å²) in [5, 5.41) is 3.44. The smallest absolute Gasteiger partial charge is 0.124 e. The van der Waals surface area contributed by atoms with Crippen molar-refractivity contribution < 1.29 is 9.47 Å². The van der Waals surface area contributed by atoms with Crippen molar-refractivity contribution in [2.75, 3.05) is 40.5 Å². The summed E-state index contributed by atoms with van der Waals surface area (Å²) in [4.78, 5) is 2.42. The van der Waals surface area contributed by atoms with E-state index in [1.165, 1.54) is 5.56 Å². The standard InChI is InChI=1S/C15H24N2O2/c1-4-17(9-10-18-3)13-11-19-14-8-6-5-7-12(14)15(13)16-2/h5-8,13,15-16H,4,9-11H2,1-3H3. The highest BCUT2D eigenvalue weighted by atomic mass is 16.5. The molecule has 0 saturated heterocycles. The number of nitrogens with one attached hydrogen (secondary N) is 1. The maximum absolute atomic E-state index is 5.91. The molecule has 1 aliphatic heterocycles. The second kappa shape index (κ2) is 6.89. The largest absolute Gasteiger partial charge is 0.492 e. The topological polar surface area (TPSA) is 33.7 Å². The normalized spacial score (nSPS) is 22.1. The van der Waals surface area contributed by atoms with Crippen molar-refractivity contribution in [3.05, 3.63) is 29.8 Å². The average Bonchev–Trinajstić information content (AvgIpc) is 2.47. The number of hydrogen-bond acceptors (Lipinski definition) is 4. The van der Waals surface area contributed by atoms with Gasteiger partial charge in [0.15, 0.2) is 0 Å². The molecule has 0 fully saturated rings. The predicted octanol–water partition coefficient (Wildman–Crippen LogP) is 1.68. The van der Waals surface area contributed by atoms with E-state index in [2.05, 4.69) is 29.3 Å². The molecule has 1 aliphatic rings. The van der Waals surface area contributed by atoms with Crippen LogP contribution in [0.15, 0.2) is 24.3 Å². The fraction of sp³-hybridized carbons (Fsp3) is 0.600. The van der Waals surface area contributed by atoms with Crippen LogP contribution < -0.4 is 10.1 Å². The molecule has 4 heteroatoms. The lowest BCUT2D eigenvalue weighted by atomic mass is 9.95. The minimum absolute atomic E-state index is 0.307. The molecule has 0 saturated carbocycles. The van der Waals surface area contributed by atoms with Crippen molar-refractivity contribution in [3.8, 4) is 5.75 Å². The highest BCUT2D eigenvalue weighted by molar-refractivity contribution is 5.38. The number of ether oxygens (including phenoxy) is 2. The van der Waals surface area contributed by atoms with Gasteiger partial charge < -0.3 is 14.8 Å². The fourth-order valence-electron chi connectivity index (χ4n) is 2.78. The Kier molecular flexibility index (Phi) is 5.19. The van der Waals surface area contributed by atoms with Crippen LogP contribution in [0.4, 0.5) is 0 Å². The summed E-state index contributed by atoms with van der Waals surface area (Å²) in [5.74, 6) is 1.00. The molecule has 0 aromatic heterocycles. The Morgan fingerprint density at radius 2 is 2.21 bits per heavy atom. The molecular weight excluding hydrogens is 240 g/mol. The van der Waals surface area contributed by atoms with Crippen LogP contribution in [0.2, 0.25) is 0 Å². The Morgan fingerprint density at radius 3 is 2.89 bits per heavy atom. The summed E-state index contributed by atoms with van der Waals surface area (Å²) in [5.41, 5.74) is 1.25. The molecule has 106 valence electrons. The summed E-state index contributed by atoms with van der Waals surface area (Å²) < 4.78 is 11.1. The van der Waals surface area contributed by atoms with Gasteiger partial charge in [-0.2, -0.15) is 0 Å². The highest BCUT2D eigenvalue weighted by Crippen LogP contribution is 2.33. The molecule has 0 bridgehead atoms. The van der Waals surface area contributed by atoms with E-state index in [0.717, 1.165) is 32.1 Å². The van der Waals surface area contributed by atoms with Crippen molar-refractivity contribution in [1.82, 2.24) is 10.2 Å². The summed E-state index contributed by atoms with van der Waals surface area (Å²) in [6.07, 6.45) is 0. The van der Waals surface area contributed by atoms with Gasteiger partial charge in [0.1, 0.15) is 12.4 Å². The Bertz CT molecular complexity index is 397. The Balaban J connectivity index is 2.18. The van der Waals surface area contributed by atoms with Crippen LogP contribution in [0.3, 0.4) is 0 Å². The van der Waals surface area contributed by atoms with Crippen LogP contribution in [0.1, 0.15) is 18.5 Å². The van der Waals surface area contributed by atoms with Gasteiger partial charge in [-0.05, 0) is 19.7 Å². The van der Waals surface area contributed by atoms with Gasteiger partial charge in [0, 0.05) is 19.2 Å².